The lowest BCUT2D eigenvalue weighted by atomic mass is 9.64. The van der Waals surface area contributed by atoms with Crippen molar-refractivity contribution in [2.24, 2.45) is 0 Å². The molecule has 2 aliphatic rings. The van der Waals surface area contributed by atoms with Crippen molar-refractivity contribution in [3.8, 4) is 0 Å². The monoisotopic (exact) mass is 476 g/mol. The van der Waals surface area contributed by atoms with E-state index in [9.17, 15) is 13.2 Å². The summed E-state index contributed by atoms with van der Waals surface area (Å²) in [4.78, 5) is 12.9. The van der Waals surface area contributed by atoms with Crippen molar-refractivity contribution in [3.63, 3.8) is 0 Å². The maximum atomic E-state index is 13.3. The maximum Gasteiger partial charge on any atom is 0.251 e. The second kappa shape index (κ2) is 9.14. The van der Waals surface area contributed by atoms with Gasteiger partial charge < -0.3 is 10.1 Å². The van der Waals surface area contributed by atoms with E-state index in [0.29, 0.717) is 6.54 Å². The smallest absolute Gasteiger partial charge is 0.251 e. The minimum atomic E-state index is -3.85. The van der Waals surface area contributed by atoms with Crippen LogP contribution in [0.15, 0.2) is 53.4 Å². The predicted molar refractivity (Wildman–Crippen MR) is 125 cm³/mol. The molecule has 32 heavy (non-hydrogen) atoms. The number of hydrogen-bond acceptors (Lipinski definition) is 4. The van der Waals surface area contributed by atoms with Crippen LogP contribution in [0, 0.1) is 0 Å². The molecule has 2 fully saturated rings. The van der Waals surface area contributed by atoms with Crippen LogP contribution in [0.2, 0.25) is 5.02 Å². The van der Waals surface area contributed by atoms with Gasteiger partial charge in [-0.1, -0.05) is 48.4 Å². The summed E-state index contributed by atoms with van der Waals surface area (Å²) in [6, 6.07) is 14.6. The number of amides is 1. The number of morpholine rings is 1. The molecule has 8 heteroatoms. The highest BCUT2D eigenvalue weighted by Crippen LogP contribution is 2.43. The third-order valence-corrected chi connectivity index (χ3v) is 8.79. The van der Waals surface area contributed by atoms with Crippen LogP contribution in [0.5, 0.6) is 0 Å². The quantitative estimate of drug-likeness (QED) is 0.684. The molecular weight excluding hydrogens is 448 g/mol. The number of sulfonamides is 1. The van der Waals surface area contributed by atoms with Gasteiger partial charge in [-0.2, -0.15) is 4.31 Å². The highest BCUT2D eigenvalue weighted by Gasteiger charge is 2.39. The van der Waals surface area contributed by atoms with Gasteiger partial charge in [0.15, 0.2) is 0 Å². The maximum absolute atomic E-state index is 13.3. The molecule has 1 aliphatic heterocycles. The van der Waals surface area contributed by atoms with Gasteiger partial charge in [0.05, 0.1) is 17.2 Å². The number of halogens is 1. The first-order chi connectivity index (χ1) is 15.2. The Balaban J connectivity index is 1.53. The SMILES string of the molecule is C[C@@H]1CN(S(=O)(=O)c2cc(C(=O)NCC3(c4ccccc4)CCC3)ccc2Cl)C[C@@H](C)O1. The molecule has 2 aromatic carbocycles. The van der Waals surface area contributed by atoms with E-state index < -0.39 is 10.0 Å². The molecule has 1 amide bonds. The van der Waals surface area contributed by atoms with Gasteiger partial charge in [-0.15, -0.1) is 0 Å². The van der Waals surface area contributed by atoms with E-state index in [1.165, 1.54) is 22.0 Å². The van der Waals surface area contributed by atoms with Gasteiger partial charge in [-0.25, -0.2) is 8.42 Å². The van der Waals surface area contributed by atoms with Crippen LogP contribution in [0.4, 0.5) is 0 Å². The van der Waals surface area contributed by atoms with E-state index in [1.54, 1.807) is 6.07 Å². The average molecular weight is 477 g/mol. The zero-order valence-corrected chi connectivity index (χ0v) is 20.0. The molecule has 1 heterocycles. The lowest BCUT2D eigenvalue weighted by molar-refractivity contribution is -0.0440. The Morgan fingerprint density at radius 3 is 2.38 bits per heavy atom. The van der Waals surface area contributed by atoms with Crippen molar-refractivity contribution < 1.29 is 17.9 Å². The summed E-state index contributed by atoms with van der Waals surface area (Å²) in [5.74, 6) is -0.302. The molecule has 6 nitrogen and oxygen atoms in total. The normalized spacial score (nSPS) is 23.3. The number of benzene rings is 2. The van der Waals surface area contributed by atoms with E-state index >= 15 is 0 Å². The number of nitrogens with one attached hydrogen (secondary N) is 1. The van der Waals surface area contributed by atoms with Crippen LogP contribution in [0.25, 0.3) is 0 Å². The van der Waals surface area contributed by atoms with Crippen molar-refractivity contribution in [2.75, 3.05) is 19.6 Å². The summed E-state index contributed by atoms with van der Waals surface area (Å²) in [5.41, 5.74) is 1.45. The molecule has 2 aromatic rings. The Bertz CT molecular complexity index is 1080. The summed E-state index contributed by atoms with van der Waals surface area (Å²) in [5, 5.41) is 3.13. The fourth-order valence-corrected chi connectivity index (χ4v) is 6.71. The zero-order chi connectivity index (χ0) is 22.9. The first kappa shape index (κ1) is 23.2. The van der Waals surface area contributed by atoms with Crippen LogP contribution in [0.1, 0.15) is 49.0 Å². The summed E-state index contributed by atoms with van der Waals surface area (Å²) in [6.07, 6.45) is 2.74. The van der Waals surface area contributed by atoms with Gasteiger partial charge in [0, 0.05) is 30.6 Å². The molecule has 1 N–H and O–H groups in total. The lowest BCUT2D eigenvalue weighted by Crippen LogP contribution is -2.48. The number of nitrogens with zero attached hydrogens (tertiary/aromatic N) is 1. The third-order valence-electron chi connectivity index (χ3n) is 6.48. The standard InChI is InChI=1S/C24H29ClN2O4S/c1-17-14-27(15-18(2)31-17)32(29,30)22-13-19(9-10-21(22)25)23(28)26-16-24(11-6-12-24)20-7-4-3-5-8-20/h3-5,7-10,13,17-18H,6,11-12,14-16H2,1-2H3,(H,26,28)/t17-,18-/m1/s1. The van der Waals surface area contributed by atoms with Gasteiger partial charge in [0.1, 0.15) is 4.90 Å². The molecule has 1 saturated carbocycles. The van der Waals surface area contributed by atoms with E-state index in [-0.39, 0.29) is 52.1 Å². The Morgan fingerprint density at radius 1 is 1.12 bits per heavy atom. The minimum absolute atomic E-state index is 0.0467. The molecule has 0 bridgehead atoms. The Morgan fingerprint density at radius 2 is 1.78 bits per heavy atom. The average Bonchev–Trinajstić information content (AvgIpc) is 2.73. The van der Waals surface area contributed by atoms with Crippen molar-refractivity contribution in [3.05, 3.63) is 64.7 Å². The largest absolute Gasteiger partial charge is 0.373 e. The highest BCUT2D eigenvalue weighted by atomic mass is 35.5. The second-order valence-corrected chi connectivity index (χ2v) is 11.2. The topological polar surface area (TPSA) is 75.7 Å². The van der Waals surface area contributed by atoms with Crippen LogP contribution in [0.3, 0.4) is 0 Å². The van der Waals surface area contributed by atoms with E-state index in [0.717, 1.165) is 19.3 Å². The molecule has 1 aliphatic carbocycles. The molecular formula is C24H29ClN2O4S. The highest BCUT2D eigenvalue weighted by molar-refractivity contribution is 7.89. The van der Waals surface area contributed by atoms with Gasteiger partial charge in [0.2, 0.25) is 10.0 Å². The second-order valence-electron chi connectivity index (χ2n) is 8.91. The fourth-order valence-electron chi connectivity index (χ4n) is 4.62. The molecule has 172 valence electrons. The molecule has 0 radical (unpaired) electrons. The van der Waals surface area contributed by atoms with Gasteiger partial charge in [-0.3, -0.25) is 4.79 Å². The van der Waals surface area contributed by atoms with Crippen molar-refractivity contribution in [1.82, 2.24) is 9.62 Å². The lowest BCUT2D eigenvalue weighted by Gasteiger charge is -2.42. The number of ether oxygens (including phenoxy) is 1. The van der Waals surface area contributed by atoms with E-state index in [4.69, 9.17) is 16.3 Å². The Kier molecular flexibility index (Phi) is 6.63. The fraction of sp³-hybridized carbons (Fsp3) is 0.458. The van der Waals surface area contributed by atoms with Crippen LogP contribution >= 0.6 is 11.6 Å². The molecule has 0 aromatic heterocycles. The molecule has 2 atom stereocenters. The van der Waals surface area contributed by atoms with Gasteiger partial charge >= 0.3 is 0 Å². The van der Waals surface area contributed by atoms with Crippen molar-refractivity contribution in [2.45, 2.75) is 55.6 Å². The zero-order valence-electron chi connectivity index (χ0n) is 18.4. The van der Waals surface area contributed by atoms with Crippen LogP contribution < -0.4 is 5.32 Å². The predicted octanol–water partition coefficient (Wildman–Crippen LogP) is 3.99. The van der Waals surface area contributed by atoms with Gasteiger partial charge in [-0.05, 0) is 50.5 Å². The third kappa shape index (κ3) is 4.57. The van der Waals surface area contributed by atoms with Crippen LogP contribution in [-0.4, -0.2) is 50.5 Å². The van der Waals surface area contributed by atoms with Gasteiger partial charge in [0.25, 0.3) is 5.91 Å². The summed E-state index contributed by atoms with van der Waals surface area (Å²) in [7, 11) is -3.85. The Labute approximate surface area is 195 Å². The molecule has 4 rings (SSSR count). The molecule has 1 saturated heterocycles. The van der Waals surface area contributed by atoms with Crippen LogP contribution in [-0.2, 0) is 20.2 Å². The molecule has 0 spiro atoms. The minimum Gasteiger partial charge on any atom is -0.373 e. The summed E-state index contributed by atoms with van der Waals surface area (Å²) in [6.45, 7) is 4.69. The summed E-state index contributed by atoms with van der Waals surface area (Å²) < 4.78 is 33.6. The molecule has 0 unspecified atom stereocenters. The van der Waals surface area contributed by atoms with E-state index in [2.05, 4.69) is 17.4 Å². The number of rotatable bonds is 6. The first-order valence-corrected chi connectivity index (χ1v) is 12.8. The van der Waals surface area contributed by atoms with Crippen molar-refractivity contribution in [1.29, 1.82) is 0 Å². The van der Waals surface area contributed by atoms with Crippen molar-refractivity contribution >= 4 is 27.5 Å². The number of carbonyl (C=O) groups excluding carboxylic acids is 1. The summed E-state index contributed by atoms with van der Waals surface area (Å²) >= 11 is 6.27. The number of hydrogen-bond donors (Lipinski definition) is 1. The first-order valence-electron chi connectivity index (χ1n) is 11.0. The Hall–Kier alpha value is -1.93. The van der Waals surface area contributed by atoms with E-state index in [1.807, 2.05) is 32.0 Å². The number of carbonyl (C=O) groups is 1.